The molecular formula is C21H18INO4. The van der Waals surface area contributed by atoms with E-state index in [0.29, 0.717) is 24.0 Å². The molecule has 0 spiro atoms. The largest absolute Gasteiger partial charge is 0.493 e. The third-order valence-electron chi connectivity index (χ3n) is 3.68. The van der Waals surface area contributed by atoms with Gasteiger partial charge in [-0.2, -0.15) is 0 Å². The van der Waals surface area contributed by atoms with E-state index in [9.17, 15) is 4.79 Å². The van der Waals surface area contributed by atoms with Crippen LogP contribution < -0.4 is 9.47 Å². The van der Waals surface area contributed by atoms with Crippen molar-refractivity contribution in [1.82, 2.24) is 0 Å². The van der Waals surface area contributed by atoms with Crippen molar-refractivity contribution >= 4 is 40.5 Å². The summed E-state index contributed by atoms with van der Waals surface area (Å²) in [6.07, 6.45) is 1.66. The van der Waals surface area contributed by atoms with Gasteiger partial charge in [0.15, 0.2) is 17.2 Å². The molecule has 5 nitrogen and oxygen atoms in total. The number of halogens is 1. The minimum atomic E-state index is -0.481. The monoisotopic (exact) mass is 475 g/mol. The van der Waals surface area contributed by atoms with E-state index in [2.05, 4.69) is 34.2 Å². The summed E-state index contributed by atoms with van der Waals surface area (Å²) in [4.78, 5) is 16.5. The van der Waals surface area contributed by atoms with Gasteiger partial charge in [-0.1, -0.05) is 12.6 Å². The minimum absolute atomic E-state index is 0.237. The summed E-state index contributed by atoms with van der Waals surface area (Å²) < 4.78 is 17.4. The molecule has 0 aromatic heterocycles. The van der Waals surface area contributed by atoms with Crippen LogP contribution in [0.25, 0.3) is 6.08 Å². The van der Waals surface area contributed by atoms with Crippen molar-refractivity contribution < 1.29 is 19.0 Å². The Bertz CT molecular complexity index is 945. The molecule has 1 aliphatic heterocycles. The molecule has 0 amide bonds. The SMILES string of the molecule is C=C(C)COc1ccc(/C=C2/N=C(c3ccc(I)cc3)OC2=O)cc1OC. The highest BCUT2D eigenvalue weighted by molar-refractivity contribution is 14.1. The predicted molar refractivity (Wildman–Crippen MR) is 113 cm³/mol. The van der Waals surface area contributed by atoms with Gasteiger partial charge in [-0.3, -0.25) is 0 Å². The van der Waals surface area contributed by atoms with E-state index in [4.69, 9.17) is 14.2 Å². The number of nitrogens with zero attached hydrogens (tertiary/aromatic N) is 1. The summed E-state index contributed by atoms with van der Waals surface area (Å²) in [5.74, 6) is 1.000. The molecule has 27 heavy (non-hydrogen) atoms. The number of ether oxygens (including phenoxy) is 3. The Morgan fingerprint density at radius 3 is 2.63 bits per heavy atom. The Hall–Kier alpha value is -2.61. The Morgan fingerprint density at radius 1 is 1.22 bits per heavy atom. The maximum absolute atomic E-state index is 12.2. The van der Waals surface area contributed by atoms with Crippen LogP contribution in [0.15, 0.2) is 65.3 Å². The van der Waals surface area contributed by atoms with Gasteiger partial charge in [0.25, 0.3) is 0 Å². The van der Waals surface area contributed by atoms with Crippen molar-refractivity contribution in [1.29, 1.82) is 0 Å². The van der Waals surface area contributed by atoms with Crippen LogP contribution in [0.5, 0.6) is 11.5 Å². The maximum Gasteiger partial charge on any atom is 0.363 e. The lowest BCUT2D eigenvalue weighted by atomic mass is 10.1. The average Bonchev–Trinajstić information content (AvgIpc) is 3.01. The van der Waals surface area contributed by atoms with Crippen LogP contribution in [-0.4, -0.2) is 25.6 Å². The van der Waals surface area contributed by atoms with Crippen LogP contribution in [0.4, 0.5) is 0 Å². The number of methoxy groups -OCH3 is 1. The van der Waals surface area contributed by atoms with Gasteiger partial charge in [0.1, 0.15) is 6.61 Å². The highest BCUT2D eigenvalue weighted by Crippen LogP contribution is 2.30. The molecule has 0 bridgehead atoms. The highest BCUT2D eigenvalue weighted by atomic mass is 127. The summed E-state index contributed by atoms with van der Waals surface area (Å²) >= 11 is 2.22. The van der Waals surface area contributed by atoms with Crippen molar-refractivity contribution in [2.24, 2.45) is 4.99 Å². The zero-order valence-electron chi connectivity index (χ0n) is 15.0. The molecule has 1 heterocycles. The predicted octanol–water partition coefficient (Wildman–Crippen LogP) is 4.60. The molecule has 0 atom stereocenters. The summed E-state index contributed by atoms with van der Waals surface area (Å²) in [6, 6.07) is 13.0. The maximum atomic E-state index is 12.2. The first-order chi connectivity index (χ1) is 13.0. The number of rotatable bonds is 6. The number of hydrogen-bond donors (Lipinski definition) is 0. The third-order valence-corrected chi connectivity index (χ3v) is 4.40. The van der Waals surface area contributed by atoms with Gasteiger partial charge in [0.05, 0.1) is 7.11 Å². The van der Waals surface area contributed by atoms with Gasteiger partial charge in [-0.15, -0.1) is 0 Å². The molecule has 0 saturated heterocycles. The normalized spacial score (nSPS) is 14.7. The molecule has 0 fully saturated rings. The molecule has 6 heteroatoms. The first-order valence-corrected chi connectivity index (χ1v) is 9.28. The first-order valence-electron chi connectivity index (χ1n) is 8.20. The molecule has 1 aliphatic rings. The van der Waals surface area contributed by atoms with Crippen LogP contribution in [0.2, 0.25) is 0 Å². The van der Waals surface area contributed by atoms with Crippen molar-refractivity contribution in [2.75, 3.05) is 13.7 Å². The fourth-order valence-corrected chi connectivity index (χ4v) is 2.74. The number of carbonyl (C=O) groups is 1. The van der Waals surface area contributed by atoms with E-state index < -0.39 is 5.97 Å². The summed E-state index contributed by atoms with van der Waals surface area (Å²) in [6.45, 7) is 6.11. The van der Waals surface area contributed by atoms with Crippen LogP contribution in [-0.2, 0) is 9.53 Å². The molecule has 3 rings (SSSR count). The summed E-state index contributed by atoms with van der Waals surface area (Å²) in [5, 5.41) is 0. The van der Waals surface area contributed by atoms with E-state index in [0.717, 1.165) is 20.3 Å². The first kappa shape index (κ1) is 19.2. The van der Waals surface area contributed by atoms with Gasteiger partial charge in [-0.25, -0.2) is 9.79 Å². The van der Waals surface area contributed by atoms with Gasteiger partial charge in [0, 0.05) is 9.13 Å². The van der Waals surface area contributed by atoms with E-state index in [1.54, 1.807) is 25.3 Å². The molecule has 0 radical (unpaired) electrons. The second kappa shape index (κ2) is 8.39. The Kier molecular flexibility index (Phi) is 5.95. The van der Waals surface area contributed by atoms with Gasteiger partial charge >= 0.3 is 5.97 Å². The molecule has 2 aromatic carbocycles. The lowest BCUT2D eigenvalue weighted by Crippen LogP contribution is -2.05. The molecule has 138 valence electrons. The van der Waals surface area contributed by atoms with Crippen LogP contribution in [0, 0.1) is 3.57 Å². The minimum Gasteiger partial charge on any atom is -0.493 e. The molecule has 0 aliphatic carbocycles. The number of carbonyl (C=O) groups excluding carboxylic acids is 1. The lowest BCUT2D eigenvalue weighted by Gasteiger charge is -2.11. The van der Waals surface area contributed by atoms with Gasteiger partial charge in [-0.05, 0) is 83.1 Å². The number of cyclic esters (lactones) is 1. The van der Waals surface area contributed by atoms with Crippen LogP contribution in [0.1, 0.15) is 18.1 Å². The van der Waals surface area contributed by atoms with Gasteiger partial charge in [0.2, 0.25) is 5.90 Å². The Balaban J connectivity index is 1.85. The number of aliphatic imine (C=N–C) groups is 1. The molecular weight excluding hydrogens is 457 g/mol. The smallest absolute Gasteiger partial charge is 0.363 e. The van der Waals surface area contributed by atoms with Crippen molar-refractivity contribution in [3.63, 3.8) is 0 Å². The molecule has 2 aromatic rings. The second-order valence-electron chi connectivity index (χ2n) is 6.00. The fraction of sp³-hybridized carbons (Fsp3) is 0.143. The molecule has 0 saturated carbocycles. The molecule has 0 unspecified atom stereocenters. The van der Waals surface area contributed by atoms with Gasteiger partial charge < -0.3 is 14.2 Å². The Morgan fingerprint density at radius 2 is 1.96 bits per heavy atom. The van der Waals surface area contributed by atoms with E-state index in [1.807, 2.05) is 37.3 Å². The third kappa shape index (κ3) is 4.77. The van der Waals surface area contributed by atoms with Crippen molar-refractivity contribution in [2.45, 2.75) is 6.92 Å². The molecule has 0 N–H and O–H groups in total. The summed E-state index contributed by atoms with van der Waals surface area (Å²) in [7, 11) is 1.57. The van der Waals surface area contributed by atoms with Crippen LogP contribution in [0.3, 0.4) is 0 Å². The number of hydrogen-bond acceptors (Lipinski definition) is 5. The summed E-state index contributed by atoms with van der Waals surface area (Å²) in [5.41, 5.74) is 2.66. The number of esters is 1. The van der Waals surface area contributed by atoms with E-state index >= 15 is 0 Å². The standard InChI is InChI=1S/C21H18INO4/c1-13(2)12-26-18-9-4-14(11-19(18)25-3)10-17-21(24)27-20(23-17)15-5-7-16(22)8-6-15/h4-11H,1,12H2,2-3H3/b17-10+. The zero-order chi connectivity index (χ0) is 19.4. The zero-order valence-corrected chi connectivity index (χ0v) is 17.1. The van der Waals surface area contributed by atoms with Crippen LogP contribution >= 0.6 is 22.6 Å². The topological polar surface area (TPSA) is 57.1 Å². The Labute approximate surface area is 171 Å². The van der Waals surface area contributed by atoms with Crippen molar-refractivity contribution in [3.05, 3.63) is 75.0 Å². The fourth-order valence-electron chi connectivity index (χ4n) is 2.38. The van der Waals surface area contributed by atoms with Crippen molar-refractivity contribution in [3.8, 4) is 11.5 Å². The lowest BCUT2D eigenvalue weighted by molar-refractivity contribution is -0.129. The second-order valence-corrected chi connectivity index (χ2v) is 7.24. The average molecular weight is 475 g/mol. The highest BCUT2D eigenvalue weighted by Gasteiger charge is 2.24. The quantitative estimate of drug-likeness (QED) is 0.265. The number of benzene rings is 2. The van der Waals surface area contributed by atoms with E-state index in [1.165, 1.54) is 0 Å². The van der Waals surface area contributed by atoms with E-state index in [-0.39, 0.29) is 5.70 Å².